The number of aromatic nitrogens is 1. The minimum Gasteiger partial charge on any atom is -0.497 e. The molecule has 0 atom stereocenters. The van der Waals surface area contributed by atoms with E-state index in [1.165, 1.54) is 22.7 Å². The van der Waals surface area contributed by atoms with Crippen LogP contribution in [0, 0.1) is 0 Å². The molecule has 0 saturated carbocycles. The number of thiazole rings is 1. The van der Waals surface area contributed by atoms with E-state index in [0.29, 0.717) is 4.88 Å². The Bertz CT molecular complexity index is 879. The monoisotopic (exact) mass is 364 g/mol. The molecule has 0 spiro atoms. The molecule has 4 nitrogen and oxygen atoms in total. The van der Waals surface area contributed by atoms with E-state index in [4.69, 9.17) is 4.74 Å². The molecule has 120 valence electrons. The Kier molecular flexibility index (Phi) is 5.20. The van der Waals surface area contributed by atoms with Gasteiger partial charge in [-0.15, -0.1) is 11.3 Å². The third-order valence-corrected chi connectivity index (χ3v) is 5.83. The van der Waals surface area contributed by atoms with Gasteiger partial charge < -0.3 is 9.30 Å². The number of rotatable bonds is 5. The number of thioether (sulfide) groups is 1. The Labute approximate surface area is 146 Å². The van der Waals surface area contributed by atoms with Crippen LogP contribution in [0.1, 0.15) is 9.67 Å². The van der Waals surface area contributed by atoms with Gasteiger partial charge in [0.1, 0.15) is 5.75 Å². The van der Waals surface area contributed by atoms with Crippen molar-refractivity contribution in [3.63, 3.8) is 0 Å². The lowest BCUT2D eigenvalue weighted by Crippen LogP contribution is -2.18. The predicted molar refractivity (Wildman–Crippen MR) is 99.0 cm³/mol. The van der Waals surface area contributed by atoms with Crippen molar-refractivity contribution >= 4 is 50.6 Å². The highest BCUT2D eigenvalue weighted by atomic mass is 32.2. The van der Waals surface area contributed by atoms with E-state index in [2.05, 4.69) is 15.8 Å². The number of thiophene rings is 1. The summed E-state index contributed by atoms with van der Waals surface area (Å²) in [5, 5.41) is 1.89. The lowest BCUT2D eigenvalue weighted by Gasteiger charge is -2.04. The number of fused-ring (bicyclic) bond motifs is 1. The summed E-state index contributed by atoms with van der Waals surface area (Å²) in [5.74, 6) is 1.60. The second-order valence-electron chi connectivity index (χ2n) is 4.76. The molecule has 0 radical (unpaired) electrons. The molecule has 0 aliphatic rings. The molecule has 2 heterocycles. The molecule has 0 unspecified atom stereocenters. The van der Waals surface area contributed by atoms with Crippen molar-refractivity contribution in [2.45, 2.75) is 6.54 Å². The summed E-state index contributed by atoms with van der Waals surface area (Å²) < 4.78 is 8.47. The van der Waals surface area contributed by atoms with Crippen LogP contribution in [-0.4, -0.2) is 29.6 Å². The Balaban J connectivity index is 2.11. The first-order chi connectivity index (χ1) is 11.2. The topological polar surface area (TPSA) is 43.6 Å². The molecular formula is C16H16N2O2S3. The second-order valence-corrected chi connectivity index (χ2v) is 7.70. The van der Waals surface area contributed by atoms with Crippen LogP contribution in [-0.2, 0) is 6.54 Å². The van der Waals surface area contributed by atoms with Crippen molar-refractivity contribution in [1.29, 1.82) is 0 Å². The zero-order valence-electron chi connectivity index (χ0n) is 12.8. The predicted octanol–water partition coefficient (Wildman–Crippen LogP) is 3.88. The molecule has 2 aromatic heterocycles. The fraction of sp³-hybridized carbons (Fsp3) is 0.250. The van der Waals surface area contributed by atoms with Gasteiger partial charge in [0, 0.05) is 12.3 Å². The summed E-state index contributed by atoms with van der Waals surface area (Å²) in [5.41, 5.74) is 1.09. The highest BCUT2D eigenvalue weighted by Crippen LogP contribution is 2.23. The van der Waals surface area contributed by atoms with Crippen LogP contribution in [0.3, 0.4) is 0 Å². The fourth-order valence-corrected chi connectivity index (χ4v) is 4.26. The number of aryl methyl sites for hydroxylation is 1. The number of amides is 1. The Morgan fingerprint density at radius 3 is 2.96 bits per heavy atom. The van der Waals surface area contributed by atoms with Gasteiger partial charge in [-0.05, 0) is 35.9 Å². The number of carbonyl (C=O) groups excluding carboxylic acids is 1. The summed E-state index contributed by atoms with van der Waals surface area (Å²) in [4.78, 5) is 18.1. The minimum atomic E-state index is -0.184. The van der Waals surface area contributed by atoms with Crippen molar-refractivity contribution in [3.05, 3.63) is 45.4 Å². The Morgan fingerprint density at radius 1 is 1.39 bits per heavy atom. The van der Waals surface area contributed by atoms with Gasteiger partial charge in [-0.25, -0.2) is 0 Å². The van der Waals surface area contributed by atoms with Crippen LogP contribution in [0.4, 0.5) is 0 Å². The van der Waals surface area contributed by atoms with E-state index in [9.17, 15) is 4.79 Å². The van der Waals surface area contributed by atoms with E-state index in [-0.39, 0.29) is 5.91 Å². The van der Waals surface area contributed by atoms with Crippen LogP contribution in [0.15, 0.2) is 40.7 Å². The molecule has 3 rings (SSSR count). The van der Waals surface area contributed by atoms with Crippen LogP contribution in [0.25, 0.3) is 10.2 Å². The molecule has 0 aliphatic heterocycles. The highest BCUT2D eigenvalue weighted by Gasteiger charge is 2.10. The third kappa shape index (κ3) is 3.52. The van der Waals surface area contributed by atoms with Gasteiger partial charge >= 0.3 is 0 Å². The molecule has 0 fully saturated rings. The summed E-state index contributed by atoms with van der Waals surface area (Å²) in [6, 6.07) is 9.63. The van der Waals surface area contributed by atoms with Gasteiger partial charge in [-0.1, -0.05) is 17.4 Å². The average Bonchev–Trinajstić information content (AvgIpc) is 3.20. The quantitative estimate of drug-likeness (QED) is 0.690. The highest BCUT2D eigenvalue weighted by molar-refractivity contribution is 7.98. The molecule has 7 heteroatoms. The molecular weight excluding hydrogens is 348 g/mol. The van der Waals surface area contributed by atoms with Gasteiger partial charge in [-0.3, -0.25) is 4.79 Å². The van der Waals surface area contributed by atoms with Crippen molar-refractivity contribution < 1.29 is 9.53 Å². The number of hydrogen-bond donors (Lipinski definition) is 0. The number of ether oxygens (including phenoxy) is 1. The first-order valence-electron chi connectivity index (χ1n) is 7.02. The average molecular weight is 365 g/mol. The van der Waals surface area contributed by atoms with Gasteiger partial charge in [0.25, 0.3) is 5.91 Å². The molecule has 1 amide bonds. The van der Waals surface area contributed by atoms with Crippen molar-refractivity contribution in [1.82, 2.24) is 4.57 Å². The fourth-order valence-electron chi connectivity index (χ4n) is 2.21. The first kappa shape index (κ1) is 16.3. The molecule has 0 N–H and O–H groups in total. The number of carbonyl (C=O) groups is 1. The van der Waals surface area contributed by atoms with Crippen LogP contribution < -0.4 is 9.54 Å². The van der Waals surface area contributed by atoms with Crippen molar-refractivity contribution in [2.24, 2.45) is 4.99 Å². The normalized spacial score (nSPS) is 12.0. The van der Waals surface area contributed by atoms with Crippen LogP contribution in [0.5, 0.6) is 5.75 Å². The van der Waals surface area contributed by atoms with Gasteiger partial charge in [0.05, 0.1) is 22.2 Å². The standard InChI is InChI=1S/C16H16N2O2S3/c1-20-11-5-6-12-14(10-11)23-16(18(12)7-9-21-2)17-15(19)13-4-3-8-22-13/h3-6,8,10H,7,9H2,1-2H3. The van der Waals surface area contributed by atoms with Gasteiger partial charge in [0.15, 0.2) is 4.80 Å². The van der Waals surface area contributed by atoms with Crippen LogP contribution >= 0.6 is 34.4 Å². The number of nitrogens with zero attached hydrogens (tertiary/aromatic N) is 2. The largest absolute Gasteiger partial charge is 0.497 e. The zero-order chi connectivity index (χ0) is 16.2. The number of benzene rings is 1. The second kappa shape index (κ2) is 7.33. The maximum absolute atomic E-state index is 12.3. The van der Waals surface area contributed by atoms with Gasteiger partial charge in [0.2, 0.25) is 0 Å². The van der Waals surface area contributed by atoms with Gasteiger partial charge in [-0.2, -0.15) is 16.8 Å². The maximum Gasteiger partial charge on any atom is 0.289 e. The molecule has 0 aliphatic carbocycles. The SMILES string of the molecule is COc1ccc2c(c1)sc(=NC(=O)c1cccs1)n2CCSC. The van der Waals surface area contributed by atoms with E-state index in [1.54, 1.807) is 24.9 Å². The first-order valence-corrected chi connectivity index (χ1v) is 10.1. The van der Waals surface area contributed by atoms with E-state index >= 15 is 0 Å². The molecule has 3 aromatic rings. The smallest absolute Gasteiger partial charge is 0.289 e. The van der Waals surface area contributed by atoms with Crippen molar-refractivity contribution in [3.8, 4) is 5.75 Å². The zero-order valence-corrected chi connectivity index (χ0v) is 15.3. The third-order valence-electron chi connectivity index (χ3n) is 3.34. The maximum atomic E-state index is 12.3. The summed E-state index contributed by atoms with van der Waals surface area (Å²) >= 11 is 4.71. The Hall–Kier alpha value is -1.57. The lowest BCUT2D eigenvalue weighted by atomic mass is 10.3. The molecule has 1 aromatic carbocycles. The Morgan fingerprint density at radius 2 is 2.26 bits per heavy atom. The van der Waals surface area contributed by atoms with Crippen LogP contribution in [0.2, 0.25) is 0 Å². The molecule has 0 bridgehead atoms. The van der Waals surface area contributed by atoms with E-state index < -0.39 is 0 Å². The number of hydrogen-bond acceptors (Lipinski definition) is 5. The summed E-state index contributed by atoms with van der Waals surface area (Å²) in [6.07, 6.45) is 2.08. The minimum absolute atomic E-state index is 0.184. The molecule has 0 saturated heterocycles. The van der Waals surface area contributed by atoms with Crippen molar-refractivity contribution in [2.75, 3.05) is 19.1 Å². The van der Waals surface area contributed by atoms with E-state index in [0.717, 1.165) is 33.1 Å². The lowest BCUT2D eigenvalue weighted by molar-refractivity contribution is 0.100. The summed E-state index contributed by atoms with van der Waals surface area (Å²) in [7, 11) is 1.65. The number of methoxy groups -OCH3 is 1. The van der Waals surface area contributed by atoms with E-state index in [1.807, 2.05) is 29.6 Å². The summed E-state index contributed by atoms with van der Waals surface area (Å²) in [6.45, 7) is 0.823. The molecule has 23 heavy (non-hydrogen) atoms.